The van der Waals surface area contributed by atoms with Crippen molar-refractivity contribution in [1.29, 1.82) is 0 Å². The van der Waals surface area contributed by atoms with E-state index in [2.05, 4.69) is 15.8 Å². The molecule has 0 unspecified atom stereocenters. The molecule has 0 saturated carbocycles. The van der Waals surface area contributed by atoms with Crippen molar-refractivity contribution in [2.45, 2.75) is 20.5 Å². The number of benzene rings is 3. The van der Waals surface area contributed by atoms with Crippen LogP contribution in [0.2, 0.25) is 10.0 Å². The molecule has 0 aliphatic rings. The predicted molar refractivity (Wildman–Crippen MR) is 134 cm³/mol. The number of halogens is 2. The van der Waals surface area contributed by atoms with Gasteiger partial charge in [0, 0.05) is 21.3 Å². The molecule has 3 aromatic rings. The van der Waals surface area contributed by atoms with Crippen LogP contribution < -0.4 is 20.2 Å². The summed E-state index contributed by atoms with van der Waals surface area (Å²) in [4.78, 5) is 24.1. The van der Waals surface area contributed by atoms with E-state index >= 15 is 0 Å². The Labute approximate surface area is 207 Å². The van der Waals surface area contributed by atoms with Gasteiger partial charge in [-0.2, -0.15) is 5.10 Å². The maximum absolute atomic E-state index is 12.1. The molecule has 0 spiro atoms. The fourth-order valence-corrected chi connectivity index (χ4v) is 3.36. The number of nitrogens with zero attached hydrogens (tertiary/aromatic N) is 1. The lowest BCUT2D eigenvalue weighted by Gasteiger charge is -2.12. The van der Waals surface area contributed by atoms with Gasteiger partial charge < -0.3 is 14.8 Å². The van der Waals surface area contributed by atoms with Crippen LogP contribution in [0.5, 0.6) is 11.5 Å². The minimum atomic E-state index is -0.888. The largest absolute Gasteiger partial charge is 0.493 e. The third kappa shape index (κ3) is 6.73. The molecule has 176 valence electrons. The van der Waals surface area contributed by atoms with Gasteiger partial charge in [-0.25, -0.2) is 5.43 Å². The maximum atomic E-state index is 12.1. The Morgan fingerprint density at radius 1 is 0.941 bits per heavy atom. The Morgan fingerprint density at radius 3 is 2.44 bits per heavy atom. The molecule has 7 nitrogen and oxygen atoms in total. The lowest BCUT2D eigenvalue weighted by Crippen LogP contribution is -2.32. The zero-order valence-electron chi connectivity index (χ0n) is 18.8. The van der Waals surface area contributed by atoms with Crippen LogP contribution in [-0.2, 0) is 16.2 Å². The van der Waals surface area contributed by atoms with Crippen LogP contribution in [0.4, 0.5) is 5.69 Å². The highest BCUT2D eigenvalue weighted by Crippen LogP contribution is 2.29. The Morgan fingerprint density at radius 2 is 1.74 bits per heavy atom. The van der Waals surface area contributed by atoms with Crippen LogP contribution in [0.1, 0.15) is 22.3 Å². The van der Waals surface area contributed by atoms with Crippen molar-refractivity contribution in [3.63, 3.8) is 0 Å². The highest BCUT2D eigenvalue weighted by molar-refractivity contribution is 6.39. The van der Waals surface area contributed by atoms with Crippen molar-refractivity contribution < 1.29 is 19.1 Å². The van der Waals surface area contributed by atoms with Crippen molar-refractivity contribution in [2.24, 2.45) is 5.10 Å². The van der Waals surface area contributed by atoms with E-state index in [9.17, 15) is 9.59 Å². The minimum Gasteiger partial charge on any atom is -0.493 e. The molecule has 2 N–H and O–H groups in total. The third-order valence-corrected chi connectivity index (χ3v) is 5.52. The summed E-state index contributed by atoms with van der Waals surface area (Å²) < 4.78 is 11.2. The van der Waals surface area contributed by atoms with Gasteiger partial charge in [0.15, 0.2) is 11.5 Å². The van der Waals surface area contributed by atoms with Crippen LogP contribution in [-0.4, -0.2) is 25.1 Å². The standard InChI is InChI=1S/C25H23Cl2N3O4/c1-15-4-8-20(10-16(15)2)29-24(31)25(32)30-28-13-17-5-9-22(23(11-17)33-3)34-14-18-6-7-19(26)12-21(18)27/h4-13H,14H2,1-3H3,(H,29,31)(H,30,32)/b28-13-. The molecular weight excluding hydrogens is 477 g/mol. The van der Waals surface area contributed by atoms with Gasteiger partial charge in [-0.05, 0) is 73.0 Å². The average Bonchev–Trinajstić information content (AvgIpc) is 2.81. The highest BCUT2D eigenvalue weighted by atomic mass is 35.5. The summed E-state index contributed by atoms with van der Waals surface area (Å²) in [6, 6.07) is 15.7. The number of carbonyl (C=O) groups excluding carboxylic acids is 2. The topological polar surface area (TPSA) is 89.0 Å². The van der Waals surface area contributed by atoms with Gasteiger partial charge in [0.1, 0.15) is 6.61 Å². The minimum absolute atomic E-state index is 0.228. The molecule has 0 aromatic heterocycles. The number of ether oxygens (including phenoxy) is 2. The summed E-state index contributed by atoms with van der Waals surface area (Å²) >= 11 is 12.1. The molecular formula is C25H23Cl2N3O4. The van der Waals surface area contributed by atoms with Crippen LogP contribution in [0.25, 0.3) is 0 Å². The Balaban J connectivity index is 1.58. The van der Waals surface area contributed by atoms with E-state index in [-0.39, 0.29) is 6.61 Å². The molecule has 0 aliphatic heterocycles. The number of amides is 2. The first-order valence-electron chi connectivity index (χ1n) is 10.2. The molecule has 0 fully saturated rings. The number of hydrogen-bond acceptors (Lipinski definition) is 5. The molecule has 34 heavy (non-hydrogen) atoms. The number of rotatable bonds is 7. The molecule has 0 aliphatic carbocycles. The first-order chi connectivity index (χ1) is 16.3. The van der Waals surface area contributed by atoms with Gasteiger partial charge in [0.2, 0.25) is 0 Å². The van der Waals surface area contributed by atoms with E-state index in [0.717, 1.165) is 16.7 Å². The monoisotopic (exact) mass is 499 g/mol. The second-order valence-electron chi connectivity index (χ2n) is 7.39. The SMILES string of the molecule is COc1cc(/C=N\NC(=O)C(=O)Nc2ccc(C)c(C)c2)ccc1OCc1ccc(Cl)cc1Cl. The fourth-order valence-electron chi connectivity index (χ4n) is 2.90. The van der Waals surface area contributed by atoms with Crippen LogP contribution in [0, 0.1) is 13.8 Å². The van der Waals surface area contributed by atoms with Gasteiger partial charge in [-0.15, -0.1) is 0 Å². The molecule has 0 radical (unpaired) electrons. The van der Waals surface area contributed by atoms with Crippen molar-refractivity contribution >= 4 is 46.9 Å². The van der Waals surface area contributed by atoms with Gasteiger partial charge in [-0.1, -0.05) is 35.3 Å². The van der Waals surface area contributed by atoms with Gasteiger partial charge in [-0.3, -0.25) is 9.59 Å². The zero-order valence-corrected chi connectivity index (χ0v) is 20.3. The number of nitrogens with one attached hydrogen (secondary N) is 2. The van der Waals surface area contributed by atoms with E-state index < -0.39 is 11.8 Å². The quantitative estimate of drug-likeness (QED) is 0.262. The van der Waals surface area contributed by atoms with E-state index in [1.807, 2.05) is 19.9 Å². The summed E-state index contributed by atoms with van der Waals surface area (Å²) in [6.45, 7) is 4.11. The molecule has 2 amide bonds. The smallest absolute Gasteiger partial charge is 0.329 e. The summed E-state index contributed by atoms with van der Waals surface area (Å²) in [5.41, 5.74) is 6.25. The van der Waals surface area contributed by atoms with E-state index in [0.29, 0.717) is 32.8 Å². The van der Waals surface area contributed by atoms with Crippen LogP contribution >= 0.6 is 23.2 Å². The first-order valence-corrected chi connectivity index (χ1v) is 11.0. The molecule has 0 saturated heterocycles. The van der Waals surface area contributed by atoms with E-state index in [1.165, 1.54) is 13.3 Å². The van der Waals surface area contributed by atoms with Crippen LogP contribution in [0.15, 0.2) is 59.7 Å². The van der Waals surface area contributed by atoms with Crippen molar-refractivity contribution in [1.82, 2.24) is 5.43 Å². The number of anilines is 1. The number of hydrazone groups is 1. The summed E-state index contributed by atoms with van der Waals surface area (Å²) in [5.74, 6) is -0.737. The van der Waals surface area contributed by atoms with E-state index in [1.54, 1.807) is 48.5 Å². The summed E-state index contributed by atoms with van der Waals surface area (Å²) in [7, 11) is 1.51. The van der Waals surface area contributed by atoms with Crippen molar-refractivity contribution in [2.75, 3.05) is 12.4 Å². The van der Waals surface area contributed by atoms with Crippen molar-refractivity contribution in [3.8, 4) is 11.5 Å². The van der Waals surface area contributed by atoms with Gasteiger partial charge >= 0.3 is 11.8 Å². The second kappa shape index (κ2) is 11.5. The maximum Gasteiger partial charge on any atom is 0.329 e. The second-order valence-corrected chi connectivity index (χ2v) is 8.23. The number of methoxy groups -OCH3 is 1. The number of aryl methyl sites for hydroxylation is 2. The Bertz CT molecular complexity index is 1240. The molecule has 3 rings (SSSR count). The average molecular weight is 500 g/mol. The molecule has 0 atom stereocenters. The highest BCUT2D eigenvalue weighted by Gasteiger charge is 2.13. The summed E-state index contributed by atoms with van der Waals surface area (Å²) in [5, 5.41) is 7.44. The lowest BCUT2D eigenvalue weighted by atomic mass is 10.1. The van der Waals surface area contributed by atoms with Crippen molar-refractivity contribution in [3.05, 3.63) is 86.9 Å². The van der Waals surface area contributed by atoms with E-state index in [4.69, 9.17) is 32.7 Å². The fraction of sp³-hybridized carbons (Fsp3) is 0.160. The molecule has 0 bridgehead atoms. The Kier molecular flexibility index (Phi) is 8.51. The van der Waals surface area contributed by atoms with Gasteiger partial charge in [0.05, 0.1) is 13.3 Å². The zero-order chi connectivity index (χ0) is 24.7. The first kappa shape index (κ1) is 25.1. The van der Waals surface area contributed by atoms with Gasteiger partial charge in [0.25, 0.3) is 0 Å². The molecule has 0 heterocycles. The summed E-state index contributed by atoms with van der Waals surface area (Å²) in [6.07, 6.45) is 1.39. The number of hydrogen-bond donors (Lipinski definition) is 2. The molecule has 3 aromatic carbocycles. The lowest BCUT2D eigenvalue weighted by molar-refractivity contribution is -0.136. The molecule has 9 heteroatoms. The normalized spacial score (nSPS) is 10.7. The third-order valence-electron chi connectivity index (χ3n) is 4.94. The Hall–Kier alpha value is -3.55. The predicted octanol–water partition coefficient (Wildman–Crippen LogP) is 5.29. The number of carbonyl (C=O) groups is 2. The van der Waals surface area contributed by atoms with Crippen LogP contribution in [0.3, 0.4) is 0 Å².